The van der Waals surface area contributed by atoms with Crippen LogP contribution in [-0.2, 0) is 4.74 Å². The zero-order chi connectivity index (χ0) is 13.8. The van der Waals surface area contributed by atoms with Gasteiger partial charge in [0.1, 0.15) is 17.1 Å². The summed E-state index contributed by atoms with van der Waals surface area (Å²) >= 11 is 0. The van der Waals surface area contributed by atoms with E-state index in [0.717, 1.165) is 31.5 Å². The van der Waals surface area contributed by atoms with Crippen molar-refractivity contribution in [1.82, 2.24) is 5.32 Å². The average Bonchev–Trinajstić information content (AvgIpc) is 2.47. The summed E-state index contributed by atoms with van der Waals surface area (Å²) in [5.74, 6) is 0.250. The quantitative estimate of drug-likeness (QED) is 0.813. The van der Waals surface area contributed by atoms with Crippen LogP contribution in [0.3, 0.4) is 0 Å². The van der Waals surface area contributed by atoms with Crippen LogP contribution in [0.2, 0.25) is 0 Å². The van der Waals surface area contributed by atoms with Crippen LogP contribution in [0, 0.1) is 0 Å². The van der Waals surface area contributed by atoms with Gasteiger partial charge in [-0.15, -0.1) is 0 Å². The summed E-state index contributed by atoms with van der Waals surface area (Å²) in [4.78, 5) is 11.7. The summed E-state index contributed by atoms with van der Waals surface area (Å²) < 4.78 is 9.86. The lowest BCUT2D eigenvalue weighted by atomic mass is 9.89. The summed E-state index contributed by atoms with van der Waals surface area (Å²) in [6.45, 7) is 1.80. The molecule has 1 aliphatic heterocycles. The molecular weight excluding hydrogens is 246 g/mol. The number of piperidine rings is 1. The number of nitrogens with one attached hydrogen (secondary N) is 1. The molecule has 0 bridgehead atoms. The number of aromatic hydroxyl groups is 1. The Labute approximate surface area is 112 Å². The molecule has 19 heavy (non-hydrogen) atoms. The van der Waals surface area contributed by atoms with Gasteiger partial charge < -0.3 is 19.9 Å². The van der Waals surface area contributed by atoms with E-state index >= 15 is 0 Å². The third kappa shape index (κ3) is 2.81. The van der Waals surface area contributed by atoms with E-state index in [-0.39, 0.29) is 11.7 Å². The predicted molar refractivity (Wildman–Crippen MR) is 70.8 cm³/mol. The van der Waals surface area contributed by atoms with Gasteiger partial charge in [0, 0.05) is 18.5 Å². The number of benzene rings is 1. The summed E-state index contributed by atoms with van der Waals surface area (Å²) in [5, 5.41) is 13.4. The number of rotatable bonds is 3. The SMILES string of the molecule is COC(=O)c1cc(C2CCCNC2)c(O)cc1OC. The van der Waals surface area contributed by atoms with Gasteiger partial charge in [0.25, 0.3) is 0 Å². The fourth-order valence-electron chi connectivity index (χ4n) is 2.47. The maximum atomic E-state index is 11.7. The first-order chi connectivity index (χ1) is 9.17. The molecule has 2 N–H and O–H groups in total. The van der Waals surface area contributed by atoms with Gasteiger partial charge in [-0.3, -0.25) is 0 Å². The maximum absolute atomic E-state index is 11.7. The molecule has 0 spiro atoms. The van der Waals surface area contributed by atoms with Gasteiger partial charge in [-0.2, -0.15) is 0 Å². The minimum atomic E-state index is -0.457. The van der Waals surface area contributed by atoms with Crippen molar-refractivity contribution < 1.29 is 19.4 Å². The lowest BCUT2D eigenvalue weighted by Crippen LogP contribution is -2.28. The molecule has 1 atom stereocenters. The molecule has 104 valence electrons. The van der Waals surface area contributed by atoms with Crippen LogP contribution in [0.5, 0.6) is 11.5 Å². The molecule has 5 heteroatoms. The van der Waals surface area contributed by atoms with Gasteiger partial charge in [0.05, 0.1) is 14.2 Å². The van der Waals surface area contributed by atoms with Crippen molar-refractivity contribution >= 4 is 5.97 Å². The minimum Gasteiger partial charge on any atom is -0.508 e. The molecule has 1 heterocycles. The second-order valence-electron chi connectivity index (χ2n) is 4.65. The third-order valence-corrected chi connectivity index (χ3v) is 3.49. The fraction of sp³-hybridized carbons (Fsp3) is 0.500. The number of phenolic OH excluding ortho intramolecular Hbond substituents is 1. The molecule has 0 radical (unpaired) electrons. The number of carbonyl (C=O) groups excluding carboxylic acids is 1. The Morgan fingerprint density at radius 3 is 2.79 bits per heavy atom. The molecular formula is C14H19NO4. The number of carbonyl (C=O) groups is 1. The van der Waals surface area contributed by atoms with Crippen LogP contribution in [0.4, 0.5) is 0 Å². The number of esters is 1. The van der Waals surface area contributed by atoms with Gasteiger partial charge in [-0.25, -0.2) is 4.79 Å². The molecule has 0 aromatic heterocycles. The zero-order valence-electron chi connectivity index (χ0n) is 11.2. The van der Waals surface area contributed by atoms with Crippen molar-refractivity contribution in [2.75, 3.05) is 27.3 Å². The van der Waals surface area contributed by atoms with Gasteiger partial charge >= 0.3 is 5.97 Å². The van der Waals surface area contributed by atoms with Crippen molar-refractivity contribution in [3.05, 3.63) is 23.3 Å². The monoisotopic (exact) mass is 265 g/mol. The Kier molecular flexibility index (Phi) is 4.27. The van der Waals surface area contributed by atoms with E-state index in [0.29, 0.717) is 11.3 Å². The lowest BCUT2D eigenvalue weighted by Gasteiger charge is -2.24. The van der Waals surface area contributed by atoms with E-state index in [1.165, 1.54) is 20.3 Å². The number of hydrogen-bond acceptors (Lipinski definition) is 5. The molecule has 5 nitrogen and oxygen atoms in total. The highest BCUT2D eigenvalue weighted by atomic mass is 16.5. The van der Waals surface area contributed by atoms with Crippen LogP contribution < -0.4 is 10.1 Å². The topological polar surface area (TPSA) is 67.8 Å². The first-order valence-corrected chi connectivity index (χ1v) is 6.37. The smallest absolute Gasteiger partial charge is 0.341 e. The Hall–Kier alpha value is -1.75. The highest BCUT2D eigenvalue weighted by molar-refractivity contribution is 5.93. The minimum absolute atomic E-state index is 0.165. The molecule has 1 aromatic rings. The lowest BCUT2D eigenvalue weighted by molar-refractivity contribution is 0.0597. The van der Waals surface area contributed by atoms with Crippen LogP contribution >= 0.6 is 0 Å². The molecule has 1 aliphatic rings. The number of methoxy groups -OCH3 is 2. The summed E-state index contributed by atoms with van der Waals surface area (Å²) in [5.41, 5.74) is 1.12. The Balaban J connectivity index is 2.40. The second-order valence-corrected chi connectivity index (χ2v) is 4.65. The number of phenols is 1. The van der Waals surface area contributed by atoms with Crippen molar-refractivity contribution in [2.24, 2.45) is 0 Å². The molecule has 2 rings (SSSR count). The Morgan fingerprint density at radius 1 is 1.42 bits per heavy atom. The summed E-state index contributed by atoms with van der Waals surface area (Å²) in [6.07, 6.45) is 2.05. The molecule has 0 aliphatic carbocycles. The third-order valence-electron chi connectivity index (χ3n) is 3.49. The van der Waals surface area contributed by atoms with Crippen LogP contribution in [0.25, 0.3) is 0 Å². The standard InChI is InChI=1S/C14H19NO4/c1-18-13-7-12(16)10(6-11(13)14(17)19-2)9-4-3-5-15-8-9/h6-7,9,15-16H,3-5,8H2,1-2H3. The molecule has 0 amide bonds. The van der Waals surface area contributed by atoms with E-state index in [2.05, 4.69) is 5.32 Å². The fourth-order valence-corrected chi connectivity index (χ4v) is 2.47. The predicted octanol–water partition coefficient (Wildman–Crippen LogP) is 1.65. The van der Waals surface area contributed by atoms with Crippen LogP contribution in [-0.4, -0.2) is 38.4 Å². The van der Waals surface area contributed by atoms with Gasteiger partial charge in [-0.05, 0) is 31.0 Å². The Bertz CT molecular complexity index is 467. The van der Waals surface area contributed by atoms with Gasteiger partial charge in [0.2, 0.25) is 0 Å². The van der Waals surface area contributed by atoms with Crippen molar-refractivity contribution in [3.8, 4) is 11.5 Å². The van der Waals surface area contributed by atoms with Crippen molar-refractivity contribution in [1.29, 1.82) is 0 Å². The summed E-state index contributed by atoms with van der Waals surface area (Å²) in [7, 11) is 2.79. The van der Waals surface area contributed by atoms with Crippen molar-refractivity contribution in [2.45, 2.75) is 18.8 Å². The van der Waals surface area contributed by atoms with E-state index in [1.54, 1.807) is 6.07 Å². The number of ether oxygens (including phenoxy) is 2. The van der Waals surface area contributed by atoms with Crippen molar-refractivity contribution in [3.63, 3.8) is 0 Å². The molecule has 0 saturated carbocycles. The molecule has 1 fully saturated rings. The van der Waals surface area contributed by atoms with E-state index in [4.69, 9.17) is 9.47 Å². The van der Waals surface area contributed by atoms with E-state index in [1.807, 2.05) is 0 Å². The molecule has 1 saturated heterocycles. The molecule has 1 unspecified atom stereocenters. The first kappa shape index (κ1) is 13.7. The van der Waals surface area contributed by atoms with Gasteiger partial charge in [-0.1, -0.05) is 0 Å². The van der Waals surface area contributed by atoms with E-state index in [9.17, 15) is 9.90 Å². The Morgan fingerprint density at radius 2 is 2.21 bits per heavy atom. The first-order valence-electron chi connectivity index (χ1n) is 6.37. The largest absolute Gasteiger partial charge is 0.508 e. The molecule has 1 aromatic carbocycles. The highest BCUT2D eigenvalue weighted by Gasteiger charge is 2.23. The summed E-state index contributed by atoms with van der Waals surface area (Å²) in [6, 6.07) is 3.16. The van der Waals surface area contributed by atoms with Crippen LogP contribution in [0.15, 0.2) is 12.1 Å². The highest BCUT2D eigenvalue weighted by Crippen LogP contribution is 2.35. The zero-order valence-corrected chi connectivity index (χ0v) is 11.2. The second kappa shape index (κ2) is 5.93. The van der Waals surface area contributed by atoms with E-state index < -0.39 is 5.97 Å². The number of hydrogen-bond donors (Lipinski definition) is 2. The van der Waals surface area contributed by atoms with Crippen LogP contribution in [0.1, 0.15) is 34.7 Å². The average molecular weight is 265 g/mol. The normalized spacial score (nSPS) is 18.9. The maximum Gasteiger partial charge on any atom is 0.341 e. The van der Waals surface area contributed by atoms with Gasteiger partial charge in [0.15, 0.2) is 0 Å².